The van der Waals surface area contributed by atoms with Gasteiger partial charge in [0.2, 0.25) is 5.92 Å². The zero-order valence-corrected chi connectivity index (χ0v) is 28.9. The molecule has 2 amide bonds. The molecular weight excluding hydrogens is 554 g/mol. The second-order valence-electron chi connectivity index (χ2n) is 18.3. The SMILES string of the molecule is CC(C)C1=C2[C@H]3CC[C@@H]4[C@@]5(C)CCC(NC(=O)NCC6CCC(F)(F)CC6)C(C)(C)[C@@H]5CC[C@@]4(C)[C@]3(C)CC[C@@]2(C)CC1=O. The van der Waals surface area contributed by atoms with Crippen molar-refractivity contribution in [3.8, 4) is 0 Å². The van der Waals surface area contributed by atoms with E-state index in [1.807, 2.05) is 0 Å². The molecule has 0 aromatic rings. The maximum atomic E-state index is 13.6. The first-order valence-corrected chi connectivity index (χ1v) is 18.1. The van der Waals surface area contributed by atoms with Crippen molar-refractivity contribution in [2.75, 3.05) is 6.54 Å². The molecule has 6 rings (SSSR count). The molecule has 0 aromatic heterocycles. The van der Waals surface area contributed by atoms with Gasteiger partial charge in [0.15, 0.2) is 5.78 Å². The first-order valence-electron chi connectivity index (χ1n) is 18.1. The van der Waals surface area contributed by atoms with Crippen LogP contribution in [0.15, 0.2) is 11.1 Å². The van der Waals surface area contributed by atoms with Crippen LogP contribution in [0.3, 0.4) is 0 Å². The fraction of sp³-hybridized carbons (Fsp3) is 0.895. The lowest BCUT2D eigenvalue weighted by molar-refractivity contribution is -0.215. The quantitative estimate of drug-likeness (QED) is 0.331. The molecule has 6 aliphatic carbocycles. The number of amides is 2. The molecule has 0 aromatic carbocycles. The Labute approximate surface area is 265 Å². The van der Waals surface area contributed by atoms with E-state index in [1.54, 1.807) is 5.57 Å². The van der Waals surface area contributed by atoms with Crippen molar-refractivity contribution in [1.82, 2.24) is 10.6 Å². The van der Waals surface area contributed by atoms with Gasteiger partial charge < -0.3 is 10.6 Å². The van der Waals surface area contributed by atoms with Crippen molar-refractivity contribution in [2.45, 2.75) is 151 Å². The van der Waals surface area contributed by atoms with E-state index in [9.17, 15) is 18.4 Å². The van der Waals surface area contributed by atoms with E-state index in [-0.39, 0.29) is 57.9 Å². The molecule has 8 atom stereocenters. The number of urea groups is 1. The smallest absolute Gasteiger partial charge is 0.315 e. The predicted octanol–water partition coefficient (Wildman–Crippen LogP) is 9.48. The Kier molecular flexibility index (Phi) is 7.77. The van der Waals surface area contributed by atoms with Gasteiger partial charge in [0.1, 0.15) is 0 Å². The Balaban J connectivity index is 1.19. The van der Waals surface area contributed by atoms with Crippen LogP contribution in [-0.2, 0) is 4.79 Å². The van der Waals surface area contributed by atoms with Gasteiger partial charge in [-0.3, -0.25) is 4.79 Å². The number of hydrogen-bond donors (Lipinski definition) is 2. The summed E-state index contributed by atoms with van der Waals surface area (Å²) in [6, 6.07) is -0.0329. The van der Waals surface area contributed by atoms with Gasteiger partial charge in [0, 0.05) is 31.8 Å². The number of alkyl halides is 2. The van der Waals surface area contributed by atoms with Gasteiger partial charge in [-0.25, -0.2) is 13.6 Å². The lowest BCUT2D eigenvalue weighted by Gasteiger charge is -2.72. The molecule has 6 heteroatoms. The van der Waals surface area contributed by atoms with Crippen LogP contribution in [0.1, 0.15) is 139 Å². The number of nitrogens with one attached hydrogen (secondary N) is 2. The van der Waals surface area contributed by atoms with E-state index in [0.717, 1.165) is 25.7 Å². The average molecular weight is 615 g/mol. The molecule has 0 aliphatic heterocycles. The molecule has 248 valence electrons. The van der Waals surface area contributed by atoms with Crippen molar-refractivity contribution in [3.05, 3.63) is 11.1 Å². The molecule has 44 heavy (non-hydrogen) atoms. The summed E-state index contributed by atoms with van der Waals surface area (Å²) in [5.74, 6) is -0.000804. The van der Waals surface area contributed by atoms with Gasteiger partial charge in [0.25, 0.3) is 0 Å². The molecule has 0 heterocycles. The highest BCUT2D eigenvalue weighted by Crippen LogP contribution is 2.76. The second kappa shape index (κ2) is 10.5. The molecule has 0 spiro atoms. The molecule has 5 fully saturated rings. The highest BCUT2D eigenvalue weighted by Gasteiger charge is 2.69. The van der Waals surface area contributed by atoms with E-state index in [4.69, 9.17) is 0 Å². The van der Waals surface area contributed by atoms with Crippen LogP contribution in [0.4, 0.5) is 13.6 Å². The summed E-state index contributed by atoms with van der Waals surface area (Å²) >= 11 is 0. The largest absolute Gasteiger partial charge is 0.338 e. The molecule has 1 unspecified atom stereocenters. The van der Waals surface area contributed by atoms with Crippen molar-refractivity contribution < 1.29 is 18.4 Å². The van der Waals surface area contributed by atoms with E-state index in [2.05, 4.69) is 66.0 Å². The Morgan fingerprint density at radius 1 is 0.818 bits per heavy atom. The molecule has 0 radical (unpaired) electrons. The summed E-state index contributed by atoms with van der Waals surface area (Å²) in [6.07, 6.45) is 10.8. The van der Waals surface area contributed by atoms with Gasteiger partial charge in [-0.15, -0.1) is 0 Å². The number of hydrogen-bond acceptors (Lipinski definition) is 2. The van der Waals surface area contributed by atoms with E-state index < -0.39 is 5.92 Å². The maximum Gasteiger partial charge on any atom is 0.315 e. The summed E-state index contributed by atoms with van der Waals surface area (Å²) in [7, 11) is 0. The highest BCUT2D eigenvalue weighted by atomic mass is 19.3. The number of Topliss-reactive ketones (excluding diaryl/α,β-unsaturated/α-hetero) is 1. The van der Waals surface area contributed by atoms with Gasteiger partial charge in [-0.05, 0) is 126 Å². The van der Waals surface area contributed by atoms with E-state index >= 15 is 0 Å². The van der Waals surface area contributed by atoms with Crippen LogP contribution in [-0.4, -0.2) is 30.3 Å². The molecule has 4 nitrogen and oxygen atoms in total. The normalized spacial score (nSPS) is 44.8. The molecule has 0 saturated heterocycles. The van der Waals surface area contributed by atoms with E-state index in [0.29, 0.717) is 48.8 Å². The zero-order valence-electron chi connectivity index (χ0n) is 28.9. The number of carbonyl (C=O) groups is 2. The Morgan fingerprint density at radius 3 is 2.16 bits per heavy atom. The number of carbonyl (C=O) groups excluding carboxylic acids is 2. The summed E-state index contributed by atoms with van der Waals surface area (Å²) in [5.41, 5.74) is 3.40. The van der Waals surface area contributed by atoms with Crippen molar-refractivity contribution >= 4 is 11.8 Å². The molecule has 0 bridgehead atoms. The van der Waals surface area contributed by atoms with Crippen LogP contribution < -0.4 is 10.6 Å². The van der Waals surface area contributed by atoms with Crippen LogP contribution >= 0.6 is 0 Å². The van der Waals surface area contributed by atoms with Crippen molar-refractivity contribution in [2.24, 2.45) is 56.7 Å². The Morgan fingerprint density at radius 2 is 1.50 bits per heavy atom. The van der Waals surface area contributed by atoms with Crippen molar-refractivity contribution in [3.63, 3.8) is 0 Å². The number of fused-ring (bicyclic) bond motifs is 7. The summed E-state index contributed by atoms with van der Waals surface area (Å²) in [4.78, 5) is 26.5. The van der Waals surface area contributed by atoms with Gasteiger partial charge in [-0.1, -0.05) is 61.0 Å². The number of ketones is 1. The first kappa shape index (κ1) is 32.5. The maximum absolute atomic E-state index is 13.6. The summed E-state index contributed by atoms with van der Waals surface area (Å²) in [5, 5.41) is 6.41. The average Bonchev–Trinajstić information content (AvgIpc) is 3.20. The van der Waals surface area contributed by atoms with Gasteiger partial charge >= 0.3 is 6.03 Å². The third kappa shape index (κ3) is 4.75. The standard InChI is InChI=1S/C38H60F2N2O2/c1-23(2)30-26(43)21-34(5)19-20-36(7)25(31(30)34)9-10-28-35(6)15-14-29(33(3,4)27(35)13-16-37(28,36)8)42-32(44)41-22-24-11-17-38(39,40)18-12-24/h23-25,27-29H,9-22H2,1-8H3,(H2,41,42,44)/t25-,27+,28-,29?,34+,35+,36-,37-/m1/s1. The van der Waals surface area contributed by atoms with Crippen LogP contribution in [0.2, 0.25) is 0 Å². The van der Waals surface area contributed by atoms with Crippen LogP contribution in [0.25, 0.3) is 0 Å². The van der Waals surface area contributed by atoms with Gasteiger partial charge in [0.05, 0.1) is 0 Å². The molecule has 6 aliphatic rings. The minimum absolute atomic E-state index is 0.0351. The molecular formula is C38H60F2N2O2. The lowest BCUT2D eigenvalue weighted by Crippen LogP contribution is -2.67. The van der Waals surface area contributed by atoms with Gasteiger partial charge in [-0.2, -0.15) is 0 Å². The fourth-order valence-corrected chi connectivity index (χ4v) is 12.9. The molecule has 5 saturated carbocycles. The highest BCUT2D eigenvalue weighted by molar-refractivity contribution is 6.00. The third-order valence-corrected chi connectivity index (χ3v) is 15.5. The number of allylic oxidation sites excluding steroid dienone is 2. The predicted molar refractivity (Wildman–Crippen MR) is 172 cm³/mol. The minimum Gasteiger partial charge on any atom is -0.338 e. The van der Waals surface area contributed by atoms with Crippen LogP contribution in [0, 0.1) is 56.7 Å². The topological polar surface area (TPSA) is 58.2 Å². The van der Waals surface area contributed by atoms with E-state index in [1.165, 1.54) is 37.7 Å². The fourth-order valence-electron chi connectivity index (χ4n) is 12.9. The Bertz CT molecular complexity index is 1220. The van der Waals surface area contributed by atoms with Crippen LogP contribution in [0.5, 0.6) is 0 Å². The Hall–Kier alpha value is -1.46. The second-order valence-corrected chi connectivity index (χ2v) is 18.3. The monoisotopic (exact) mass is 614 g/mol. The zero-order chi connectivity index (χ0) is 32.1. The molecule has 2 N–H and O–H groups in total. The number of rotatable bonds is 4. The summed E-state index contributed by atoms with van der Waals surface area (Å²) < 4.78 is 27.2. The minimum atomic E-state index is -2.54. The lowest BCUT2D eigenvalue weighted by atomic mass is 9.33. The van der Waals surface area contributed by atoms with Crippen molar-refractivity contribution in [1.29, 1.82) is 0 Å². The first-order chi connectivity index (χ1) is 20.4. The number of halogens is 2. The third-order valence-electron chi connectivity index (χ3n) is 15.5. The summed E-state index contributed by atoms with van der Waals surface area (Å²) in [6.45, 7) is 19.9.